The number of hydrogen-bond donors (Lipinski definition) is 0. The van der Waals surface area contributed by atoms with E-state index in [-0.39, 0.29) is 18.3 Å². The molecule has 38 heavy (non-hydrogen) atoms. The van der Waals surface area contributed by atoms with E-state index in [0.717, 1.165) is 49.2 Å². The molecule has 5 rings (SSSR count). The van der Waals surface area contributed by atoms with Crippen LogP contribution in [0.25, 0.3) is 0 Å². The van der Waals surface area contributed by atoms with Crippen molar-refractivity contribution >= 4 is 28.5 Å². The molecule has 0 radical (unpaired) electrons. The third-order valence-electron chi connectivity index (χ3n) is 8.42. The first-order valence-corrected chi connectivity index (χ1v) is 14.8. The van der Waals surface area contributed by atoms with Gasteiger partial charge in [0.2, 0.25) is 0 Å². The normalized spacial score (nSPS) is 22.8. The molecule has 208 valence electrons. The number of piperazine rings is 2. The van der Waals surface area contributed by atoms with E-state index in [1.165, 1.54) is 37.3 Å². The van der Waals surface area contributed by atoms with Crippen LogP contribution in [0.15, 0.2) is 53.0 Å². The standard InChI is InChI=1S/C18H29BN2O2.C12H17BrN2/c1-17(2)18(3,4)23-19(22-17)16-8-6-15(7-9-16)14-21-12-10-20(5)11-13-21;1-14-6-8-15(9-7-14)10-11-2-4-12(13)5-3-11/h6-9H,10-14H2,1-5H3;2-5H,6-10H2,1H3. The molecule has 0 bridgehead atoms. The first kappa shape index (κ1) is 29.7. The molecule has 0 spiro atoms. The van der Waals surface area contributed by atoms with Gasteiger partial charge in [-0.3, -0.25) is 9.80 Å². The van der Waals surface area contributed by atoms with E-state index in [2.05, 4.69) is 126 Å². The molecule has 2 aromatic rings. The van der Waals surface area contributed by atoms with E-state index < -0.39 is 0 Å². The second-order valence-electron chi connectivity index (χ2n) is 12.1. The summed E-state index contributed by atoms with van der Waals surface area (Å²) < 4.78 is 13.4. The van der Waals surface area contributed by atoms with Gasteiger partial charge in [0.05, 0.1) is 11.2 Å². The van der Waals surface area contributed by atoms with Crippen LogP contribution in [0.1, 0.15) is 38.8 Å². The number of rotatable bonds is 5. The van der Waals surface area contributed by atoms with Crippen LogP contribution < -0.4 is 5.46 Å². The SMILES string of the molecule is CN1CCN(Cc2ccc(B3OC(C)(C)C(C)(C)O3)cc2)CC1.CN1CCN(Cc2ccc(Br)cc2)CC1. The van der Waals surface area contributed by atoms with Crippen molar-refractivity contribution in [3.63, 3.8) is 0 Å². The van der Waals surface area contributed by atoms with E-state index in [1.54, 1.807) is 0 Å². The fraction of sp³-hybridized carbons (Fsp3) is 0.600. The highest BCUT2D eigenvalue weighted by atomic mass is 79.9. The molecule has 0 aliphatic carbocycles. The molecule has 8 heteroatoms. The van der Waals surface area contributed by atoms with Crippen molar-refractivity contribution in [1.29, 1.82) is 0 Å². The van der Waals surface area contributed by atoms with Crippen LogP contribution in [0.2, 0.25) is 0 Å². The largest absolute Gasteiger partial charge is 0.494 e. The lowest BCUT2D eigenvalue weighted by atomic mass is 9.79. The van der Waals surface area contributed by atoms with Gasteiger partial charge in [0, 0.05) is 69.9 Å². The molecular weight excluding hydrogens is 539 g/mol. The molecule has 0 aromatic heterocycles. The molecule has 3 saturated heterocycles. The minimum atomic E-state index is -0.282. The van der Waals surface area contributed by atoms with E-state index in [9.17, 15) is 0 Å². The molecule has 0 N–H and O–H groups in total. The fourth-order valence-electron chi connectivity index (χ4n) is 4.88. The smallest absolute Gasteiger partial charge is 0.399 e. The molecule has 0 saturated carbocycles. The van der Waals surface area contributed by atoms with Crippen LogP contribution in [-0.2, 0) is 22.4 Å². The summed E-state index contributed by atoms with van der Waals surface area (Å²) in [5.74, 6) is 0. The first-order valence-electron chi connectivity index (χ1n) is 14.0. The Hall–Kier alpha value is -1.26. The van der Waals surface area contributed by atoms with Gasteiger partial charge < -0.3 is 19.1 Å². The zero-order valence-corrected chi connectivity index (χ0v) is 25.8. The van der Waals surface area contributed by atoms with Crippen molar-refractivity contribution in [3.05, 3.63) is 64.1 Å². The maximum Gasteiger partial charge on any atom is 0.494 e. The highest BCUT2D eigenvalue weighted by molar-refractivity contribution is 9.10. The summed E-state index contributed by atoms with van der Waals surface area (Å²) in [5.41, 5.74) is 3.30. The quantitative estimate of drug-likeness (QED) is 0.495. The van der Waals surface area contributed by atoms with E-state index in [0.29, 0.717) is 0 Å². The number of benzene rings is 2. The highest BCUT2D eigenvalue weighted by Gasteiger charge is 2.51. The van der Waals surface area contributed by atoms with Crippen LogP contribution in [0.5, 0.6) is 0 Å². The average Bonchev–Trinajstić information content (AvgIpc) is 3.11. The van der Waals surface area contributed by atoms with Crippen LogP contribution in [0.4, 0.5) is 0 Å². The third-order valence-corrected chi connectivity index (χ3v) is 8.95. The monoisotopic (exact) mass is 584 g/mol. The molecule has 0 unspecified atom stereocenters. The summed E-state index contributed by atoms with van der Waals surface area (Å²) in [5, 5.41) is 0. The van der Waals surface area contributed by atoms with Gasteiger partial charge in [0.1, 0.15) is 0 Å². The van der Waals surface area contributed by atoms with Gasteiger partial charge in [-0.2, -0.15) is 0 Å². The Morgan fingerprint density at radius 2 is 1.00 bits per heavy atom. The summed E-state index contributed by atoms with van der Waals surface area (Å²) in [6.07, 6.45) is 0. The number of nitrogens with zero attached hydrogens (tertiary/aromatic N) is 4. The molecule has 2 aromatic carbocycles. The summed E-state index contributed by atoms with van der Waals surface area (Å²) in [4.78, 5) is 9.81. The van der Waals surface area contributed by atoms with Crippen LogP contribution >= 0.6 is 15.9 Å². The number of likely N-dealkylation sites (N-methyl/N-ethyl adjacent to an activating group) is 2. The van der Waals surface area contributed by atoms with Crippen molar-refractivity contribution in [2.75, 3.05) is 66.5 Å². The Kier molecular flexibility index (Phi) is 10.1. The zero-order chi connectivity index (χ0) is 27.3. The van der Waals surface area contributed by atoms with Crippen molar-refractivity contribution in [1.82, 2.24) is 19.6 Å². The minimum Gasteiger partial charge on any atom is -0.399 e. The second kappa shape index (κ2) is 12.9. The van der Waals surface area contributed by atoms with Gasteiger partial charge in [0.15, 0.2) is 0 Å². The molecule has 6 nitrogen and oxygen atoms in total. The summed E-state index contributed by atoms with van der Waals surface area (Å²) >= 11 is 3.46. The van der Waals surface area contributed by atoms with E-state index in [4.69, 9.17) is 9.31 Å². The second-order valence-corrected chi connectivity index (χ2v) is 13.0. The van der Waals surface area contributed by atoms with Gasteiger partial charge in [-0.25, -0.2) is 0 Å². The molecule has 0 atom stereocenters. The van der Waals surface area contributed by atoms with Gasteiger partial charge in [-0.05, 0) is 70.5 Å². The summed E-state index contributed by atoms with van der Waals surface area (Å²) in [6, 6.07) is 17.3. The van der Waals surface area contributed by atoms with Gasteiger partial charge >= 0.3 is 7.12 Å². The van der Waals surface area contributed by atoms with Crippen LogP contribution in [0.3, 0.4) is 0 Å². The Morgan fingerprint density at radius 3 is 1.39 bits per heavy atom. The molecule has 0 amide bonds. The summed E-state index contributed by atoms with van der Waals surface area (Å²) in [7, 11) is 4.12. The van der Waals surface area contributed by atoms with E-state index >= 15 is 0 Å². The predicted octanol–water partition coefficient (Wildman–Crippen LogP) is 3.93. The van der Waals surface area contributed by atoms with Gasteiger partial charge in [0.25, 0.3) is 0 Å². The Balaban J connectivity index is 0.000000194. The maximum absolute atomic E-state index is 6.11. The Morgan fingerprint density at radius 1 is 0.632 bits per heavy atom. The molecule has 3 fully saturated rings. The molecule has 3 heterocycles. The van der Waals surface area contributed by atoms with Crippen LogP contribution in [0, 0.1) is 0 Å². The maximum atomic E-state index is 6.11. The first-order chi connectivity index (χ1) is 18.0. The Bertz CT molecular complexity index is 986. The molecular formula is C30H46BBrN4O2. The lowest BCUT2D eigenvalue weighted by molar-refractivity contribution is 0.00578. The average molecular weight is 585 g/mol. The van der Waals surface area contributed by atoms with Crippen molar-refractivity contribution in [2.45, 2.75) is 52.0 Å². The van der Waals surface area contributed by atoms with E-state index in [1.807, 2.05) is 0 Å². The van der Waals surface area contributed by atoms with Gasteiger partial charge in [-0.15, -0.1) is 0 Å². The highest BCUT2D eigenvalue weighted by Crippen LogP contribution is 2.36. The molecule has 3 aliphatic rings. The van der Waals surface area contributed by atoms with Crippen molar-refractivity contribution < 1.29 is 9.31 Å². The lowest BCUT2D eigenvalue weighted by Crippen LogP contribution is -2.43. The summed E-state index contributed by atoms with van der Waals surface area (Å²) in [6.45, 7) is 19.8. The lowest BCUT2D eigenvalue weighted by Gasteiger charge is -2.32. The van der Waals surface area contributed by atoms with Crippen molar-refractivity contribution in [3.8, 4) is 0 Å². The Labute approximate surface area is 239 Å². The fourth-order valence-corrected chi connectivity index (χ4v) is 5.14. The third kappa shape index (κ3) is 8.13. The minimum absolute atomic E-state index is 0.266. The van der Waals surface area contributed by atoms with Crippen molar-refractivity contribution in [2.24, 2.45) is 0 Å². The topological polar surface area (TPSA) is 31.4 Å². The number of halogens is 1. The zero-order valence-electron chi connectivity index (χ0n) is 24.3. The predicted molar refractivity (Wildman–Crippen MR) is 162 cm³/mol. The van der Waals surface area contributed by atoms with Gasteiger partial charge in [-0.1, -0.05) is 52.3 Å². The van der Waals surface area contributed by atoms with Crippen LogP contribution in [-0.4, -0.2) is 104 Å². The number of hydrogen-bond acceptors (Lipinski definition) is 6. The molecule has 3 aliphatic heterocycles.